The lowest BCUT2D eigenvalue weighted by molar-refractivity contribution is -0.369. The number of hydrogen-bond acceptors (Lipinski definition) is 8. The second-order valence-corrected chi connectivity index (χ2v) is 8.90. The molecule has 0 radical (unpaired) electrons. The van der Waals surface area contributed by atoms with Gasteiger partial charge in [0.2, 0.25) is 12.1 Å². The highest BCUT2D eigenvalue weighted by Gasteiger charge is 2.90. The minimum Gasteiger partial charge on any atom is -0.472 e. The monoisotopic (exact) mass is 388 g/mol. The summed E-state index contributed by atoms with van der Waals surface area (Å²) < 4.78 is 29.4. The maximum absolute atomic E-state index is 12.9. The number of esters is 2. The average Bonchev–Trinajstić information content (AvgIpc) is 3.31. The minimum atomic E-state index is -1.57. The zero-order chi connectivity index (χ0) is 19.7. The van der Waals surface area contributed by atoms with E-state index in [2.05, 4.69) is 0 Å². The van der Waals surface area contributed by atoms with E-state index in [1.165, 1.54) is 12.5 Å². The summed E-state index contributed by atoms with van der Waals surface area (Å²) in [5.74, 6) is -3.26. The van der Waals surface area contributed by atoms with Crippen LogP contribution in [0.4, 0.5) is 0 Å². The van der Waals surface area contributed by atoms with Crippen molar-refractivity contribution in [3.63, 3.8) is 0 Å². The van der Waals surface area contributed by atoms with Crippen LogP contribution in [0.15, 0.2) is 35.2 Å². The predicted molar refractivity (Wildman–Crippen MR) is 89.1 cm³/mol. The second-order valence-electron chi connectivity index (χ2n) is 8.90. The molecule has 1 spiro atoms. The lowest BCUT2D eigenvalue weighted by atomic mass is 9.44. The van der Waals surface area contributed by atoms with Crippen LogP contribution in [0.25, 0.3) is 0 Å². The molecule has 1 N–H and O–H groups in total. The van der Waals surface area contributed by atoms with E-state index in [-0.39, 0.29) is 6.42 Å². The fourth-order valence-corrected chi connectivity index (χ4v) is 6.26. The van der Waals surface area contributed by atoms with Crippen molar-refractivity contribution < 1.29 is 38.1 Å². The summed E-state index contributed by atoms with van der Waals surface area (Å²) in [5, 5.41) is 12.1. The highest BCUT2D eigenvalue weighted by atomic mass is 16.9. The minimum absolute atomic E-state index is 0.0253. The largest absolute Gasteiger partial charge is 0.472 e. The molecular formula is C20H20O8. The first-order valence-electron chi connectivity index (χ1n) is 9.39. The Morgan fingerprint density at radius 2 is 2.00 bits per heavy atom. The van der Waals surface area contributed by atoms with Gasteiger partial charge < -0.3 is 28.5 Å². The Balaban J connectivity index is 1.70. The molecular weight excluding hydrogens is 368 g/mol. The Bertz CT molecular complexity index is 953. The molecule has 5 heterocycles. The summed E-state index contributed by atoms with van der Waals surface area (Å²) in [6.07, 6.45) is 4.41. The first-order chi connectivity index (χ1) is 13.1. The van der Waals surface area contributed by atoms with Crippen LogP contribution in [0.3, 0.4) is 0 Å². The van der Waals surface area contributed by atoms with E-state index >= 15 is 0 Å². The molecule has 0 unspecified atom stereocenters. The molecule has 8 heteroatoms. The second kappa shape index (κ2) is 4.37. The summed E-state index contributed by atoms with van der Waals surface area (Å²) in [6, 6.07) is 1.69. The molecule has 4 aliphatic heterocycles. The summed E-state index contributed by atoms with van der Waals surface area (Å²) >= 11 is 0. The molecule has 0 aromatic carbocycles. The molecule has 28 heavy (non-hydrogen) atoms. The number of hydrogen-bond donors (Lipinski definition) is 1. The molecule has 1 aromatic rings. The zero-order valence-corrected chi connectivity index (χ0v) is 15.6. The van der Waals surface area contributed by atoms with E-state index < -0.39 is 58.1 Å². The van der Waals surface area contributed by atoms with Crippen molar-refractivity contribution >= 4 is 11.9 Å². The van der Waals surface area contributed by atoms with E-state index in [1.807, 2.05) is 0 Å². The number of rotatable bonds is 1. The van der Waals surface area contributed by atoms with Gasteiger partial charge in [-0.05, 0) is 32.9 Å². The van der Waals surface area contributed by atoms with Crippen molar-refractivity contribution in [2.24, 2.45) is 16.7 Å². The first-order valence-corrected chi connectivity index (χ1v) is 9.39. The van der Waals surface area contributed by atoms with Gasteiger partial charge in [0, 0.05) is 12.0 Å². The molecule has 8 nitrogen and oxygen atoms in total. The lowest BCUT2D eigenvalue weighted by Gasteiger charge is -2.66. The Labute approximate surface area is 160 Å². The third-order valence-corrected chi connectivity index (χ3v) is 7.99. The summed E-state index contributed by atoms with van der Waals surface area (Å²) in [6.45, 7) is 5.15. The van der Waals surface area contributed by atoms with Gasteiger partial charge in [-0.2, -0.15) is 0 Å². The Morgan fingerprint density at radius 1 is 1.21 bits per heavy atom. The highest BCUT2D eigenvalue weighted by Crippen LogP contribution is 2.75. The number of aliphatic hydroxyl groups is 1. The normalized spacial score (nSPS) is 55.6. The van der Waals surface area contributed by atoms with Gasteiger partial charge in [0.15, 0.2) is 5.60 Å². The van der Waals surface area contributed by atoms with Gasteiger partial charge in [-0.25, -0.2) is 0 Å². The fraction of sp³-hybridized carbons (Fsp3) is 0.600. The quantitative estimate of drug-likeness (QED) is 0.568. The molecule has 8 atom stereocenters. The standard InChI is InChI=1S/C20H20O8/c1-10-13(21)25-12-4-6-16(2)14(22)26-15-20(16)17(12,3)18(10,23)9-19(27-15,28-20)11-5-7-24-8-11/h4-8,10,12,15,23H,9H2,1-3H3/t10-,12-,15+,16-,17-,18+,19-,20-/m1/s1. The smallest absolute Gasteiger partial charge is 0.321 e. The summed E-state index contributed by atoms with van der Waals surface area (Å²) in [5.41, 5.74) is -4.78. The Hall–Kier alpha value is -2.16. The van der Waals surface area contributed by atoms with Crippen molar-refractivity contribution in [1.29, 1.82) is 0 Å². The zero-order valence-electron chi connectivity index (χ0n) is 15.6. The van der Waals surface area contributed by atoms with E-state index in [9.17, 15) is 14.7 Å². The summed E-state index contributed by atoms with van der Waals surface area (Å²) in [7, 11) is 0. The maximum atomic E-state index is 12.9. The van der Waals surface area contributed by atoms with Gasteiger partial charge in [-0.15, -0.1) is 0 Å². The molecule has 2 bridgehead atoms. The van der Waals surface area contributed by atoms with Gasteiger partial charge >= 0.3 is 11.9 Å². The van der Waals surface area contributed by atoms with E-state index in [0.717, 1.165) is 0 Å². The third-order valence-electron chi connectivity index (χ3n) is 7.99. The molecule has 4 saturated heterocycles. The van der Waals surface area contributed by atoms with E-state index in [4.69, 9.17) is 23.4 Å². The van der Waals surface area contributed by atoms with Crippen LogP contribution in [0.2, 0.25) is 0 Å². The van der Waals surface area contributed by atoms with Crippen LogP contribution in [-0.2, 0) is 34.3 Å². The topological polar surface area (TPSA) is 104 Å². The van der Waals surface area contributed by atoms with E-state index in [0.29, 0.717) is 5.56 Å². The Kier molecular flexibility index (Phi) is 2.62. The third kappa shape index (κ3) is 1.33. The number of carbonyl (C=O) groups is 2. The number of furan rings is 1. The molecule has 5 aliphatic rings. The number of ether oxygens (including phenoxy) is 4. The van der Waals surface area contributed by atoms with Crippen LogP contribution in [0.5, 0.6) is 0 Å². The van der Waals surface area contributed by atoms with Crippen LogP contribution >= 0.6 is 0 Å². The SMILES string of the molecule is C[C@@H]1C(=O)O[C@@H]2C=C[C@]3(C)C(=O)O[C@H]4O[C@]5(c6ccoc6)C[C@@]1(O)[C@]2(C)[C@@]43O5. The molecule has 6 rings (SSSR count). The molecule has 1 aromatic heterocycles. The van der Waals surface area contributed by atoms with Gasteiger partial charge in [0.1, 0.15) is 11.5 Å². The molecule has 0 amide bonds. The van der Waals surface area contributed by atoms with Crippen LogP contribution in [0.1, 0.15) is 32.8 Å². The van der Waals surface area contributed by atoms with E-state index in [1.54, 1.807) is 39.0 Å². The molecule has 148 valence electrons. The van der Waals surface area contributed by atoms with Crippen molar-refractivity contribution in [2.45, 2.75) is 56.6 Å². The van der Waals surface area contributed by atoms with Crippen molar-refractivity contribution in [1.82, 2.24) is 0 Å². The fourth-order valence-electron chi connectivity index (χ4n) is 6.26. The van der Waals surface area contributed by atoms with Gasteiger partial charge in [-0.1, -0.05) is 6.08 Å². The lowest BCUT2D eigenvalue weighted by Crippen LogP contribution is -2.80. The molecule has 4 fully saturated rings. The predicted octanol–water partition coefficient (Wildman–Crippen LogP) is 1.38. The number of fused-ring (bicyclic) bond motifs is 1. The highest BCUT2D eigenvalue weighted by molar-refractivity contribution is 5.86. The van der Waals surface area contributed by atoms with Gasteiger partial charge in [0.05, 0.1) is 29.5 Å². The van der Waals surface area contributed by atoms with Gasteiger partial charge in [-0.3, -0.25) is 9.59 Å². The van der Waals surface area contributed by atoms with Crippen molar-refractivity contribution in [3.05, 3.63) is 36.3 Å². The number of carbonyl (C=O) groups excluding carboxylic acids is 2. The van der Waals surface area contributed by atoms with Crippen molar-refractivity contribution in [2.75, 3.05) is 0 Å². The van der Waals surface area contributed by atoms with Crippen LogP contribution in [-0.4, -0.2) is 40.6 Å². The van der Waals surface area contributed by atoms with Crippen LogP contribution in [0, 0.1) is 16.7 Å². The van der Waals surface area contributed by atoms with Crippen LogP contribution < -0.4 is 0 Å². The molecule has 0 saturated carbocycles. The molecule has 1 aliphatic carbocycles. The Morgan fingerprint density at radius 3 is 2.71 bits per heavy atom. The first kappa shape index (κ1) is 16.8. The summed E-state index contributed by atoms with van der Waals surface area (Å²) in [4.78, 5) is 25.5. The van der Waals surface area contributed by atoms with Gasteiger partial charge in [0.25, 0.3) is 0 Å². The maximum Gasteiger partial charge on any atom is 0.321 e. The average molecular weight is 388 g/mol. The van der Waals surface area contributed by atoms with Crippen molar-refractivity contribution in [3.8, 4) is 0 Å².